The quantitative estimate of drug-likeness (QED) is 0.490. The van der Waals surface area contributed by atoms with Gasteiger partial charge in [-0.3, -0.25) is 9.78 Å². The summed E-state index contributed by atoms with van der Waals surface area (Å²) in [5, 5.41) is 0.798. The number of amides is 1. The van der Waals surface area contributed by atoms with Crippen LogP contribution in [-0.2, 0) is 5.54 Å². The number of benzene rings is 2. The number of fused-ring (bicyclic) bond motifs is 2. The molecule has 3 heterocycles. The van der Waals surface area contributed by atoms with Gasteiger partial charge in [0.05, 0.1) is 6.61 Å². The average molecular weight is 453 g/mol. The highest BCUT2D eigenvalue weighted by Gasteiger charge is 2.45. The normalized spacial score (nSPS) is 17.9. The number of rotatable bonds is 4. The van der Waals surface area contributed by atoms with Gasteiger partial charge in [-0.1, -0.05) is 30.3 Å². The summed E-state index contributed by atoms with van der Waals surface area (Å²) in [5.41, 5.74) is 6.86. The van der Waals surface area contributed by atoms with Gasteiger partial charge < -0.3 is 19.8 Å². The van der Waals surface area contributed by atoms with E-state index in [1.165, 1.54) is 12.1 Å². The first-order chi connectivity index (χ1) is 15.8. The molecule has 1 unspecified atom stereocenters. The Kier molecular flexibility index (Phi) is 4.77. The van der Waals surface area contributed by atoms with Crippen LogP contribution in [0.3, 0.4) is 0 Å². The molecule has 0 bridgehead atoms. The van der Waals surface area contributed by atoms with Crippen LogP contribution >= 0.6 is 0 Å². The van der Waals surface area contributed by atoms with E-state index in [0.717, 1.165) is 10.9 Å². The minimum absolute atomic E-state index is 0.255. The van der Waals surface area contributed by atoms with Crippen molar-refractivity contribution < 1.29 is 27.4 Å². The van der Waals surface area contributed by atoms with Gasteiger partial charge >= 0.3 is 6.36 Å². The first kappa shape index (κ1) is 20.9. The number of pyridine rings is 1. The van der Waals surface area contributed by atoms with Crippen molar-refractivity contribution >= 4 is 16.8 Å². The highest BCUT2D eigenvalue weighted by molar-refractivity contribution is 5.98. The molecule has 1 aliphatic rings. The van der Waals surface area contributed by atoms with E-state index in [4.69, 9.17) is 10.5 Å². The molecule has 4 aromatic rings. The molecule has 2 N–H and O–H groups in total. The summed E-state index contributed by atoms with van der Waals surface area (Å²) in [6.07, 6.45) is -2.82. The number of hydrogen-bond donors (Lipinski definition) is 1. The number of nitrogens with zero attached hydrogens (tertiary/aromatic N) is 2. The number of carbonyl (C=O) groups excluding carboxylic acids is 1. The van der Waals surface area contributed by atoms with E-state index >= 15 is 0 Å². The second-order valence-corrected chi connectivity index (χ2v) is 7.67. The molecule has 0 radical (unpaired) electrons. The van der Waals surface area contributed by atoms with Gasteiger partial charge in [-0.25, -0.2) is 0 Å². The zero-order chi connectivity index (χ0) is 23.2. The number of carbonyl (C=O) groups is 1. The number of primary amides is 1. The van der Waals surface area contributed by atoms with Gasteiger partial charge in [0.15, 0.2) is 0 Å². The van der Waals surface area contributed by atoms with E-state index in [-0.39, 0.29) is 11.4 Å². The highest BCUT2D eigenvalue weighted by atomic mass is 19.4. The molecule has 0 saturated heterocycles. The fourth-order valence-electron chi connectivity index (χ4n) is 4.55. The molecule has 5 rings (SSSR count). The zero-order valence-electron chi connectivity index (χ0n) is 17.2. The number of alkyl halides is 3. The van der Waals surface area contributed by atoms with E-state index < -0.39 is 17.8 Å². The molecule has 0 spiro atoms. The number of hydrogen-bond acceptors (Lipinski definition) is 4. The lowest BCUT2D eigenvalue weighted by Crippen LogP contribution is -2.43. The van der Waals surface area contributed by atoms with Crippen LogP contribution in [-0.4, -0.2) is 28.4 Å². The maximum atomic E-state index is 12.7. The van der Waals surface area contributed by atoms with Gasteiger partial charge in [-0.15, -0.1) is 13.2 Å². The van der Waals surface area contributed by atoms with Crippen molar-refractivity contribution in [1.82, 2.24) is 9.55 Å². The minimum atomic E-state index is -4.80. The average Bonchev–Trinajstić information content (AvgIpc) is 3.19. The van der Waals surface area contributed by atoms with Crippen LogP contribution in [0.2, 0.25) is 0 Å². The van der Waals surface area contributed by atoms with Crippen molar-refractivity contribution in [2.45, 2.75) is 18.3 Å². The summed E-state index contributed by atoms with van der Waals surface area (Å²) < 4.78 is 49.8. The number of halogens is 3. The van der Waals surface area contributed by atoms with Crippen molar-refractivity contribution in [3.63, 3.8) is 0 Å². The summed E-state index contributed by atoms with van der Waals surface area (Å²) in [4.78, 5) is 17.1. The Morgan fingerprint density at radius 1 is 1.09 bits per heavy atom. The van der Waals surface area contributed by atoms with Gasteiger partial charge in [0.2, 0.25) is 0 Å². The molecule has 2 aromatic heterocycles. The molecule has 0 aliphatic carbocycles. The monoisotopic (exact) mass is 453 g/mol. The lowest BCUT2D eigenvalue weighted by Gasteiger charge is -2.41. The van der Waals surface area contributed by atoms with Crippen LogP contribution in [0.4, 0.5) is 13.2 Å². The number of ether oxygens (including phenoxy) is 2. The predicted molar refractivity (Wildman–Crippen MR) is 114 cm³/mol. The third kappa shape index (κ3) is 3.45. The van der Waals surface area contributed by atoms with Crippen LogP contribution in [0.15, 0.2) is 72.9 Å². The summed E-state index contributed by atoms with van der Waals surface area (Å²) >= 11 is 0. The van der Waals surface area contributed by atoms with Gasteiger partial charge in [0.25, 0.3) is 5.91 Å². The number of nitrogens with two attached hydrogens (primary N) is 1. The van der Waals surface area contributed by atoms with Crippen LogP contribution < -0.4 is 15.2 Å². The molecule has 6 nitrogen and oxygen atoms in total. The number of para-hydroxylation sites is 1. The Morgan fingerprint density at radius 2 is 1.85 bits per heavy atom. The van der Waals surface area contributed by atoms with Crippen LogP contribution in [0, 0.1) is 0 Å². The third-order valence-corrected chi connectivity index (χ3v) is 5.79. The van der Waals surface area contributed by atoms with Crippen LogP contribution in [0.1, 0.15) is 28.2 Å². The first-order valence-corrected chi connectivity index (χ1v) is 10.1. The smallest absolute Gasteiger partial charge is 0.491 e. The fraction of sp³-hybridized carbons (Fsp3) is 0.167. The molecule has 33 heavy (non-hydrogen) atoms. The molecule has 1 aliphatic heterocycles. The Morgan fingerprint density at radius 3 is 2.58 bits per heavy atom. The molecule has 0 saturated carbocycles. The van der Waals surface area contributed by atoms with Crippen molar-refractivity contribution in [2.24, 2.45) is 5.73 Å². The maximum absolute atomic E-state index is 12.7. The highest BCUT2D eigenvalue weighted by Crippen LogP contribution is 2.46. The molecule has 1 amide bonds. The van der Waals surface area contributed by atoms with E-state index in [0.29, 0.717) is 30.0 Å². The lowest BCUT2D eigenvalue weighted by molar-refractivity contribution is -0.274. The van der Waals surface area contributed by atoms with Crippen LogP contribution in [0.25, 0.3) is 10.9 Å². The molecular formula is C24H18F3N3O3. The van der Waals surface area contributed by atoms with Crippen LogP contribution in [0.5, 0.6) is 11.5 Å². The van der Waals surface area contributed by atoms with Gasteiger partial charge in [0.1, 0.15) is 28.4 Å². The maximum Gasteiger partial charge on any atom is 0.573 e. The Bertz CT molecular complexity index is 1350. The molecule has 2 aromatic carbocycles. The second-order valence-electron chi connectivity index (χ2n) is 7.67. The summed E-state index contributed by atoms with van der Waals surface area (Å²) in [7, 11) is 0. The van der Waals surface area contributed by atoms with Gasteiger partial charge in [-0.2, -0.15) is 0 Å². The second kappa shape index (κ2) is 7.54. The lowest BCUT2D eigenvalue weighted by atomic mass is 9.80. The Hall–Kier alpha value is -4.01. The Labute approximate surface area is 186 Å². The number of aromatic nitrogens is 2. The van der Waals surface area contributed by atoms with Gasteiger partial charge in [-0.05, 0) is 42.0 Å². The largest absolute Gasteiger partial charge is 0.573 e. The molecule has 0 fully saturated rings. The molecule has 1 atom stereocenters. The molecule has 9 heteroatoms. The summed E-state index contributed by atoms with van der Waals surface area (Å²) in [5.74, 6) is -0.457. The fourth-order valence-corrected chi connectivity index (χ4v) is 4.55. The van der Waals surface area contributed by atoms with E-state index in [1.54, 1.807) is 36.5 Å². The zero-order valence-corrected chi connectivity index (χ0v) is 17.2. The molecule has 168 valence electrons. The standard InChI is InChI=1S/C24H18F3N3O3/c25-24(26,27)33-17-9-7-16(8-10-17)23(11-13-32-20-6-3-12-29-21(20)23)30-18-5-2-1-4-15(18)14-19(30)22(28)31/h1-10,12,14H,11,13H2,(H2,28,31). The SMILES string of the molecule is NC(=O)c1cc2ccccc2n1C1(c2ccc(OC(F)(F)F)cc2)CCOc2cccnc21. The van der Waals surface area contributed by atoms with Crippen molar-refractivity contribution in [3.8, 4) is 11.5 Å². The van der Waals surface area contributed by atoms with E-state index in [9.17, 15) is 18.0 Å². The topological polar surface area (TPSA) is 79.4 Å². The van der Waals surface area contributed by atoms with E-state index in [2.05, 4.69) is 9.72 Å². The van der Waals surface area contributed by atoms with Crippen molar-refractivity contribution in [2.75, 3.05) is 6.61 Å². The Balaban J connectivity index is 1.82. The summed E-state index contributed by atoms with van der Waals surface area (Å²) in [6.45, 7) is 0.296. The van der Waals surface area contributed by atoms with E-state index in [1.807, 2.05) is 28.8 Å². The predicted octanol–water partition coefficient (Wildman–Crippen LogP) is 4.61. The first-order valence-electron chi connectivity index (χ1n) is 10.1. The summed E-state index contributed by atoms with van der Waals surface area (Å²) in [6, 6.07) is 18.2. The third-order valence-electron chi connectivity index (χ3n) is 5.79. The van der Waals surface area contributed by atoms with Crippen molar-refractivity contribution in [1.29, 1.82) is 0 Å². The van der Waals surface area contributed by atoms with Crippen molar-refractivity contribution in [3.05, 3.63) is 89.9 Å². The van der Waals surface area contributed by atoms with Gasteiger partial charge in [0, 0.05) is 23.5 Å². The molecular weight excluding hydrogens is 435 g/mol. The minimum Gasteiger partial charge on any atom is -0.491 e.